The first-order chi connectivity index (χ1) is 20.4. The second kappa shape index (κ2) is 15.7. The number of rotatable bonds is 11. The summed E-state index contributed by atoms with van der Waals surface area (Å²) in [5.74, 6) is 0.0407. The molecule has 6 nitrogen and oxygen atoms in total. The van der Waals surface area contributed by atoms with E-state index >= 15 is 0 Å². The predicted molar refractivity (Wildman–Crippen MR) is 170 cm³/mol. The monoisotopic (exact) mass is 571 g/mol. The van der Waals surface area contributed by atoms with Crippen molar-refractivity contribution in [3.05, 3.63) is 83.3 Å². The minimum absolute atomic E-state index is 0.00940. The summed E-state index contributed by atoms with van der Waals surface area (Å²) >= 11 is 0. The fraction of sp³-hybridized carbons (Fsp3) is 0.528. The fourth-order valence-electron chi connectivity index (χ4n) is 5.56. The third-order valence-electron chi connectivity index (χ3n) is 8.61. The molecule has 6 heteroatoms. The molecule has 2 unspecified atom stereocenters. The number of likely N-dealkylation sites (tertiary alicyclic amines) is 1. The summed E-state index contributed by atoms with van der Waals surface area (Å²) in [6.45, 7) is 8.67. The van der Waals surface area contributed by atoms with E-state index in [-0.39, 0.29) is 17.5 Å². The first kappa shape index (κ1) is 31.5. The standard InChI is InChI=1S/C26H33N3O3.C10H16/c1-17(20-13-14-20)22(15-12-19-10-11-19)28-25(31)23-9-6-16-29(23)26(32)18(2)27-24(30)21-7-4-3-5-8-21;1-2-3-7-10-8-5-4-6-9-10/h4,7-8,12,15,17,20,23H,2-3,5-6,9-11,13-14,16H2,1H3,(H,27,30)(H,28,31);5,8-9H,2-4,6-7H2,1H3/b22-15+;. The van der Waals surface area contributed by atoms with Gasteiger partial charge in [0, 0.05) is 17.8 Å². The van der Waals surface area contributed by atoms with Crippen molar-refractivity contribution in [2.24, 2.45) is 11.8 Å². The van der Waals surface area contributed by atoms with Crippen molar-refractivity contribution >= 4 is 17.7 Å². The molecule has 4 aliphatic carbocycles. The summed E-state index contributed by atoms with van der Waals surface area (Å²) in [5.41, 5.74) is 4.45. The molecule has 1 aliphatic heterocycles. The Hall–Kier alpha value is -3.41. The molecule has 0 bridgehead atoms. The lowest BCUT2D eigenvalue weighted by Gasteiger charge is -2.26. The van der Waals surface area contributed by atoms with Crippen LogP contribution in [-0.4, -0.2) is 35.2 Å². The topological polar surface area (TPSA) is 78.5 Å². The Balaban J connectivity index is 0.000000343. The van der Waals surface area contributed by atoms with Crippen LogP contribution in [0.25, 0.3) is 0 Å². The van der Waals surface area contributed by atoms with E-state index in [1.165, 1.54) is 50.5 Å². The molecule has 1 heterocycles. The smallest absolute Gasteiger partial charge is 0.270 e. The minimum atomic E-state index is -0.548. The van der Waals surface area contributed by atoms with Crippen molar-refractivity contribution in [1.82, 2.24) is 15.5 Å². The molecular weight excluding hydrogens is 522 g/mol. The van der Waals surface area contributed by atoms with Crippen LogP contribution in [0.15, 0.2) is 83.3 Å². The Bertz CT molecular complexity index is 1210. The third kappa shape index (κ3) is 9.57. The molecular formula is C36H49N3O3. The summed E-state index contributed by atoms with van der Waals surface area (Å²) in [4.78, 5) is 40.1. The molecule has 0 aromatic carbocycles. The zero-order valence-corrected chi connectivity index (χ0v) is 25.6. The number of amides is 3. The van der Waals surface area contributed by atoms with Gasteiger partial charge in [0.1, 0.15) is 6.04 Å². The van der Waals surface area contributed by atoms with Gasteiger partial charge in [-0.25, -0.2) is 0 Å². The molecule has 226 valence electrons. The quantitative estimate of drug-likeness (QED) is 0.260. The Morgan fingerprint density at radius 2 is 1.76 bits per heavy atom. The molecule has 0 spiro atoms. The lowest BCUT2D eigenvalue weighted by Crippen LogP contribution is -2.48. The maximum absolute atomic E-state index is 13.2. The summed E-state index contributed by atoms with van der Waals surface area (Å²) in [6.07, 6.45) is 30.8. The molecule has 2 N–H and O–H groups in total. The molecule has 42 heavy (non-hydrogen) atoms. The number of carbonyl (C=O) groups excluding carboxylic acids is 3. The molecule has 5 aliphatic rings. The van der Waals surface area contributed by atoms with Gasteiger partial charge in [0.15, 0.2) is 0 Å². The highest BCUT2D eigenvalue weighted by molar-refractivity contribution is 6.04. The fourth-order valence-corrected chi connectivity index (χ4v) is 5.56. The first-order valence-electron chi connectivity index (χ1n) is 16.1. The van der Waals surface area contributed by atoms with Crippen LogP contribution in [-0.2, 0) is 14.4 Å². The van der Waals surface area contributed by atoms with E-state index in [0.717, 1.165) is 37.8 Å². The maximum Gasteiger partial charge on any atom is 0.270 e. The van der Waals surface area contributed by atoms with Gasteiger partial charge < -0.3 is 15.5 Å². The van der Waals surface area contributed by atoms with Crippen LogP contribution in [0.1, 0.15) is 97.3 Å². The van der Waals surface area contributed by atoms with Crippen LogP contribution in [0.4, 0.5) is 0 Å². The van der Waals surface area contributed by atoms with Crippen LogP contribution in [0, 0.1) is 11.8 Å². The zero-order valence-electron chi connectivity index (χ0n) is 25.6. The van der Waals surface area contributed by atoms with E-state index in [1.807, 2.05) is 12.2 Å². The van der Waals surface area contributed by atoms with E-state index in [9.17, 15) is 14.4 Å². The van der Waals surface area contributed by atoms with Crippen LogP contribution < -0.4 is 10.6 Å². The molecule has 2 saturated carbocycles. The van der Waals surface area contributed by atoms with Gasteiger partial charge in [-0.2, -0.15) is 0 Å². The van der Waals surface area contributed by atoms with E-state index in [0.29, 0.717) is 30.4 Å². The molecule has 5 rings (SSSR count). The summed E-state index contributed by atoms with van der Waals surface area (Å²) in [5, 5.41) is 5.74. The number of allylic oxidation sites excluding steroid dienone is 10. The average Bonchev–Trinajstić information content (AvgIpc) is 3.96. The number of unbranched alkanes of at least 4 members (excludes halogenated alkanes) is 1. The van der Waals surface area contributed by atoms with Gasteiger partial charge in [-0.3, -0.25) is 14.4 Å². The number of hydrogen-bond donors (Lipinski definition) is 2. The number of nitrogens with one attached hydrogen (secondary N) is 2. The Morgan fingerprint density at radius 1 is 1.02 bits per heavy atom. The van der Waals surface area contributed by atoms with Crippen molar-refractivity contribution < 1.29 is 14.4 Å². The highest BCUT2D eigenvalue weighted by Crippen LogP contribution is 2.40. The molecule has 3 fully saturated rings. The summed E-state index contributed by atoms with van der Waals surface area (Å²) in [7, 11) is 0. The Kier molecular flexibility index (Phi) is 11.8. The van der Waals surface area contributed by atoms with E-state index in [2.05, 4.69) is 61.4 Å². The second-order valence-electron chi connectivity index (χ2n) is 12.2. The van der Waals surface area contributed by atoms with Crippen LogP contribution in [0.3, 0.4) is 0 Å². The van der Waals surface area contributed by atoms with Gasteiger partial charge in [-0.05, 0) is 95.0 Å². The van der Waals surface area contributed by atoms with Gasteiger partial charge in [0.2, 0.25) is 5.91 Å². The molecule has 0 aromatic rings. The van der Waals surface area contributed by atoms with Crippen molar-refractivity contribution in [2.75, 3.05) is 6.54 Å². The SMILES string of the molecule is C=C(NC(=O)C1=CCCC=C1)C(=O)N1CCCC1C(=O)N/C(=C/C=C1CC1)C(C)C1CC1.CCCCC1=CCCC=C1. The second-order valence-corrected chi connectivity index (χ2v) is 12.2. The van der Waals surface area contributed by atoms with E-state index < -0.39 is 11.9 Å². The van der Waals surface area contributed by atoms with Gasteiger partial charge in [0.05, 0.1) is 5.70 Å². The molecule has 3 amide bonds. The van der Waals surface area contributed by atoms with E-state index in [1.54, 1.807) is 16.5 Å². The lowest BCUT2D eigenvalue weighted by molar-refractivity contribution is -0.136. The Morgan fingerprint density at radius 3 is 2.38 bits per heavy atom. The molecule has 1 saturated heterocycles. The van der Waals surface area contributed by atoms with Gasteiger partial charge in [-0.1, -0.05) is 80.5 Å². The van der Waals surface area contributed by atoms with Crippen molar-refractivity contribution in [1.29, 1.82) is 0 Å². The maximum atomic E-state index is 13.2. The highest BCUT2D eigenvalue weighted by atomic mass is 16.2. The van der Waals surface area contributed by atoms with E-state index in [4.69, 9.17) is 0 Å². The highest BCUT2D eigenvalue weighted by Gasteiger charge is 2.37. The summed E-state index contributed by atoms with van der Waals surface area (Å²) < 4.78 is 0. The molecule has 2 atom stereocenters. The van der Waals surface area contributed by atoms with Gasteiger partial charge >= 0.3 is 0 Å². The van der Waals surface area contributed by atoms with Crippen molar-refractivity contribution in [3.8, 4) is 0 Å². The minimum Gasteiger partial charge on any atom is -0.328 e. The predicted octanol–water partition coefficient (Wildman–Crippen LogP) is 7.10. The van der Waals surface area contributed by atoms with Crippen LogP contribution in [0.2, 0.25) is 0 Å². The largest absolute Gasteiger partial charge is 0.328 e. The van der Waals surface area contributed by atoms with Crippen LogP contribution in [0.5, 0.6) is 0 Å². The molecule has 0 radical (unpaired) electrons. The van der Waals surface area contributed by atoms with Crippen molar-refractivity contribution in [2.45, 2.75) is 103 Å². The number of carbonyl (C=O) groups is 3. The van der Waals surface area contributed by atoms with Crippen LogP contribution >= 0.6 is 0 Å². The lowest BCUT2D eigenvalue weighted by atomic mass is 10.0. The first-order valence-corrected chi connectivity index (χ1v) is 16.1. The third-order valence-corrected chi connectivity index (χ3v) is 8.61. The van der Waals surface area contributed by atoms with Gasteiger partial charge in [0.25, 0.3) is 11.8 Å². The summed E-state index contributed by atoms with van der Waals surface area (Å²) in [6, 6.07) is -0.548. The zero-order chi connectivity index (χ0) is 29.9. The number of nitrogens with zero attached hydrogens (tertiary/aromatic N) is 1. The van der Waals surface area contributed by atoms with Crippen molar-refractivity contribution in [3.63, 3.8) is 0 Å². The molecule has 0 aromatic heterocycles. The number of hydrogen-bond acceptors (Lipinski definition) is 3. The average molecular weight is 572 g/mol. The Labute approximate surface area is 252 Å². The van der Waals surface area contributed by atoms with Gasteiger partial charge in [-0.15, -0.1) is 0 Å². The normalized spacial score (nSPS) is 21.9.